The highest BCUT2D eigenvalue weighted by Crippen LogP contribution is 2.35. The van der Waals surface area contributed by atoms with E-state index in [4.69, 9.17) is 42.6 Å². The van der Waals surface area contributed by atoms with Crippen molar-refractivity contribution in [2.24, 2.45) is 0 Å². The molecule has 25 atom stereocenters. The van der Waals surface area contributed by atoms with Crippen molar-refractivity contribution in [3.63, 3.8) is 0 Å². The Kier molecular flexibility index (Phi) is 17.1. The lowest BCUT2D eigenvalue weighted by molar-refractivity contribution is -0.388. The Morgan fingerprint density at radius 3 is 1.29 bits per heavy atom. The Morgan fingerprint density at radius 2 is 0.780 bits per heavy atom. The molecule has 0 saturated carbocycles. The van der Waals surface area contributed by atoms with Crippen LogP contribution >= 0.6 is 0 Å². The Bertz CT molecular complexity index is 1320. The standard InChI is InChI=1S/C32H55NO26/c1-7(39)33-13-26(58-30-21(47)17(43)14(40)8(2-34)53-30)15(41)9(3-35)52-29(13)59-27-16(42)10(4-36)54-32(23(27)49)57-25-12(6-38)55-31(22(48)19(25)45)56-24-11(5-37)51-28(50)20(46)18(24)44/h8-32,34-38,40-50H,2-6H2,1H3,(H,33,39)/t8?,9?,10?,11?,12?,13-,14-,15-,16+,17-,18?,19?,20-,21?,22-,23?,24+,25-,26?,27-,28?,29-,30-,31-,32+/m0/s1. The van der Waals surface area contributed by atoms with Gasteiger partial charge in [0.2, 0.25) is 5.91 Å². The van der Waals surface area contributed by atoms with Gasteiger partial charge in [0.05, 0.1) is 33.0 Å². The number of aliphatic hydroxyl groups is 16. The van der Waals surface area contributed by atoms with Gasteiger partial charge in [-0.3, -0.25) is 4.79 Å². The molecular formula is C32H55NO26. The molecule has 5 rings (SSSR count). The minimum Gasteiger partial charge on any atom is -0.394 e. The fourth-order valence-corrected chi connectivity index (χ4v) is 7.43. The largest absolute Gasteiger partial charge is 0.394 e. The summed E-state index contributed by atoms with van der Waals surface area (Å²) in [4.78, 5) is 12.4. The summed E-state index contributed by atoms with van der Waals surface area (Å²) in [6.45, 7) is -3.58. The van der Waals surface area contributed by atoms with Crippen molar-refractivity contribution in [2.75, 3.05) is 33.0 Å². The summed E-state index contributed by atoms with van der Waals surface area (Å²) >= 11 is 0. The summed E-state index contributed by atoms with van der Waals surface area (Å²) in [6, 6.07) is -1.67. The molecule has 0 aromatic carbocycles. The molecule has 5 fully saturated rings. The summed E-state index contributed by atoms with van der Waals surface area (Å²) in [5, 5.41) is 169. The van der Waals surface area contributed by atoms with E-state index in [1.165, 1.54) is 0 Å². The van der Waals surface area contributed by atoms with Crippen LogP contribution in [0.4, 0.5) is 0 Å². The molecule has 5 heterocycles. The molecule has 344 valence electrons. The first-order chi connectivity index (χ1) is 27.9. The van der Waals surface area contributed by atoms with Crippen molar-refractivity contribution in [2.45, 2.75) is 160 Å². The lowest BCUT2D eigenvalue weighted by Gasteiger charge is -2.50. The average molecular weight is 870 g/mol. The molecule has 0 aromatic rings. The maximum absolute atomic E-state index is 12.4. The van der Waals surface area contributed by atoms with Crippen LogP contribution in [0.5, 0.6) is 0 Å². The lowest BCUT2D eigenvalue weighted by atomic mass is 9.94. The van der Waals surface area contributed by atoms with E-state index in [0.29, 0.717) is 0 Å². The number of ether oxygens (including phenoxy) is 9. The van der Waals surface area contributed by atoms with Crippen LogP contribution in [-0.2, 0) is 47.4 Å². The van der Waals surface area contributed by atoms with Crippen molar-refractivity contribution in [1.82, 2.24) is 5.32 Å². The maximum Gasteiger partial charge on any atom is 0.217 e. The summed E-state index contributed by atoms with van der Waals surface area (Å²) < 4.78 is 50.1. The second-order valence-electron chi connectivity index (χ2n) is 14.7. The molecule has 1 amide bonds. The fraction of sp³-hybridized carbons (Fsp3) is 0.969. The summed E-state index contributed by atoms with van der Waals surface area (Å²) in [7, 11) is 0. The number of carbonyl (C=O) groups excluding carboxylic acids is 1. The SMILES string of the molecule is CC(=O)N[C@H]1C(O[C@@H]2OC(CO)[C@H](O)[C@H](O)C2O)[C@@H](O)C(CO)O[C@H]1O[C@@H]1C(O)[C@@H](O[C@H]2C(CO)O[C@@H](O[C@@H]3C(CO)OC(O)[C@@H](O)C3O)[C@@H](O)C2O)OC(CO)[C@H]1O. The van der Waals surface area contributed by atoms with Gasteiger partial charge in [-0.15, -0.1) is 0 Å². The van der Waals surface area contributed by atoms with Crippen LogP contribution in [0.1, 0.15) is 6.92 Å². The fourth-order valence-electron chi connectivity index (χ4n) is 7.43. The van der Waals surface area contributed by atoms with Crippen LogP contribution < -0.4 is 5.32 Å². The molecule has 17 N–H and O–H groups in total. The highest BCUT2D eigenvalue weighted by atomic mass is 16.8. The van der Waals surface area contributed by atoms with E-state index >= 15 is 0 Å². The molecule has 0 bridgehead atoms. The second kappa shape index (κ2) is 20.8. The first-order valence-electron chi connectivity index (χ1n) is 18.6. The zero-order valence-corrected chi connectivity index (χ0v) is 31.2. The van der Waals surface area contributed by atoms with Crippen LogP contribution in [-0.4, -0.2) is 274 Å². The predicted octanol–water partition coefficient (Wildman–Crippen LogP) is -11.8. The van der Waals surface area contributed by atoms with Crippen LogP contribution in [0.2, 0.25) is 0 Å². The topological polar surface area (TPSA) is 436 Å². The molecule has 0 spiro atoms. The molecule has 59 heavy (non-hydrogen) atoms. The first kappa shape index (κ1) is 48.5. The van der Waals surface area contributed by atoms with Gasteiger partial charge in [0.1, 0.15) is 122 Å². The van der Waals surface area contributed by atoms with Gasteiger partial charge in [-0.2, -0.15) is 0 Å². The van der Waals surface area contributed by atoms with E-state index in [1.807, 2.05) is 0 Å². The lowest BCUT2D eigenvalue weighted by Crippen LogP contribution is -2.70. The van der Waals surface area contributed by atoms with E-state index in [9.17, 15) is 86.5 Å². The number of nitrogens with one attached hydrogen (secondary N) is 1. The number of hydrogen-bond acceptors (Lipinski definition) is 26. The molecule has 0 aliphatic carbocycles. The van der Waals surface area contributed by atoms with Gasteiger partial charge in [-0.1, -0.05) is 0 Å². The molecule has 27 heteroatoms. The second-order valence-corrected chi connectivity index (χ2v) is 14.7. The Labute approximate surface area is 333 Å². The Balaban J connectivity index is 1.35. The molecule has 0 aromatic heterocycles. The third-order valence-electron chi connectivity index (χ3n) is 10.7. The predicted molar refractivity (Wildman–Crippen MR) is 178 cm³/mol. The maximum atomic E-state index is 12.4. The van der Waals surface area contributed by atoms with E-state index < -0.39 is 192 Å². The van der Waals surface area contributed by atoms with Crippen LogP contribution in [0.25, 0.3) is 0 Å². The summed E-state index contributed by atoms with van der Waals surface area (Å²) in [5.74, 6) is -0.805. The molecule has 5 aliphatic rings. The van der Waals surface area contributed by atoms with E-state index in [2.05, 4.69) is 5.32 Å². The first-order valence-corrected chi connectivity index (χ1v) is 18.6. The Morgan fingerprint density at radius 1 is 0.407 bits per heavy atom. The highest BCUT2D eigenvalue weighted by Gasteiger charge is 2.57. The number of amides is 1. The normalized spacial score (nSPS) is 51.0. The molecule has 27 nitrogen and oxygen atoms in total. The van der Waals surface area contributed by atoms with Crippen LogP contribution in [0.15, 0.2) is 0 Å². The third kappa shape index (κ3) is 10.2. The van der Waals surface area contributed by atoms with Gasteiger partial charge in [-0.25, -0.2) is 0 Å². The third-order valence-corrected chi connectivity index (χ3v) is 10.7. The van der Waals surface area contributed by atoms with Gasteiger partial charge in [0.15, 0.2) is 31.5 Å². The molecular weight excluding hydrogens is 814 g/mol. The van der Waals surface area contributed by atoms with Crippen molar-refractivity contribution in [3.8, 4) is 0 Å². The number of aliphatic hydroxyl groups excluding tert-OH is 16. The Hall–Kier alpha value is -1.53. The smallest absolute Gasteiger partial charge is 0.217 e. The minimum atomic E-state index is -2.15. The van der Waals surface area contributed by atoms with Crippen molar-refractivity contribution in [3.05, 3.63) is 0 Å². The van der Waals surface area contributed by atoms with Gasteiger partial charge >= 0.3 is 0 Å². The minimum absolute atomic E-state index is 0.805. The highest BCUT2D eigenvalue weighted by molar-refractivity contribution is 5.73. The van der Waals surface area contributed by atoms with Crippen molar-refractivity contribution >= 4 is 5.91 Å². The van der Waals surface area contributed by atoms with E-state index in [-0.39, 0.29) is 0 Å². The number of hydrogen-bond donors (Lipinski definition) is 17. The van der Waals surface area contributed by atoms with Gasteiger partial charge < -0.3 is 130 Å². The summed E-state index contributed by atoms with van der Waals surface area (Å²) in [5.41, 5.74) is 0. The summed E-state index contributed by atoms with van der Waals surface area (Å²) in [6.07, 6.45) is -44.4. The zero-order valence-electron chi connectivity index (χ0n) is 31.2. The number of rotatable bonds is 14. The zero-order chi connectivity index (χ0) is 43.6. The van der Waals surface area contributed by atoms with Gasteiger partial charge in [-0.05, 0) is 0 Å². The molecule has 11 unspecified atom stereocenters. The quantitative estimate of drug-likeness (QED) is 0.0770. The monoisotopic (exact) mass is 869 g/mol. The van der Waals surface area contributed by atoms with Crippen LogP contribution in [0, 0.1) is 0 Å². The van der Waals surface area contributed by atoms with Gasteiger partial charge in [0, 0.05) is 6.92 Å². The van der Waals surface area contributed by atoms with E-state index in [0.717, 1.165) is 6.92 Å². The van der Waals surface area contributed by atoms with Crippen LogP contribution in [0.3, 0.4) is 0 Å². The van der Waals surface area contributed by atoms with E-state index in [1.54, 1.807) is 0 Å². The average Bonchev–Trinajstić information content (AvgIpc) is 3.21. The van der Waals surface area contributed by atoms with Crippen molar-refractivity contribution in [1.29, 1.82) is 0 Å². The van der Waals surface area contributed by atoms with Gasteiger partial charge in [0.25, 0.3) is 0 Å². The number of carbonyl (C=O) groups is 1. The molecule has 5 saturated heterocycles. The molecule has 5 aliphatic heterocycles. The van der Waals surface area contributed by atoms with Crippen molar-refractivity contribution < 1.29 is 129 Å². The molecule has 0 radical (unpaired) electrons.